The predicted molar refractivity (Wildman–Crippen MR) is 131 cm³/mol. The molecule has 4 aromatic rings. The number of aryl methyl sites for hydroxylation is 1. The van der Waals surface area contributed by atoms with Crippen LogP contribution in [0.4, 0.5) is 5.69 Å². The zero-order chi connectivity index (χ0) is 24.1. The van der Waals surface area contributed by atoms with E-state index in [-0.39, 0.29) is 11.8 Å². The molecule has 2 N–H and O–H groups in total. The molecule has 174 valence electrons. The Balaban J connectivity index is 1.44. The number of hydrogen-bond donors (Lipinski definition) is 2. The van der Waals surface area contributed by atoms with E-state index in [1.807, 2.05) is 41.9 Å². The highest BCUT2D eigenvalue weighted by molar-refractivity contribution is 6.06. The number of anilines is 1. The van der Waals surface area contributed by atoms with Gasteiger partial charge in [-0.1, -0.05) is 24.3 Å². The summed E-state index contributed by atoms with van der Waals surface area (Å²) in [5, 5.41) is 5.82. The Bertz CT molecular complexity index is 1350. The minimum Gasteiger partial charge on any atom is -0.496 e. The van der Waals surface area contributed by atoms with E-state index in [0.29, 0.717) is 41.3 Å². The largest absolute Gasteiger partial charge is 0.496 e. The van der Waals surface area contributed by atoms with Crippen LogP contribution in [0.5, 0.6) is 11.5 Å². The van der Waals surface area contributed by atoms with E-state index in [0.717, 1.165) is 16.9 Å². The van der Waals surface area contributed by atoms with Crippen LogP contribution in [0.3, 0.4) is 0 Å². The first-order chi connectivity index (χ1) is 16.5. The van der Waals surface area contributed by atoms with Gasteiger partial charge in [0.25, 0.3) is 11.8 Å². The van der Waals surface area contributed by atoms with Crippen LogP contribution in [-0.4, -0.2) is 42.1 Å². The van der Waals surface area contributed by atoms with Gasteiger partial charge in [-0.05, 0) is 42.5 Å². The third-order valence-corrected chi connectivity index (χ3v) is 5.57. The van der Waals surface area contributed by atoms with Crippen molar-refractivity contribution < 1.29 is 19.1 Å². The number of para-hydroxylation sites is 2. The highest BCUT2D eigenvalue weighted by Crippen LogP contribution is 2.23. The highest BCUT2D eigenvalue weighted by Gasteiger charge is 2.15. The number of ether oxygens (including phenoxy) is 2. The summed E-state index contributed by atoms with van der Waals surface area (Å²) in [6, 6.07) is 19.8. The molecule has 0 spiro atoms. The van der Waals surface area contributed by atoms with Crippen molar-refractivity contribution in [3.8, 4) is 11.5 Å². The molecule has 4 rings (SSSR count). The van der Waals surface area contributed by atoms with Crippen molar-refractivity contribution in [1.82, 2.24) is 14.9 Å². The number of amides is 2. The fraction of sp³-hybridized carbons (Fsp3) is 0.192. The number of methoxy groups -OCH3 is 2. The second-order valence-corrected chi connectivity index (χ2v) is 7.65. The van der Waals surface area contributed by atoms with Gasteiger partial charge in [-0.15, -0.1) is 0 Å². The predicted octanol–water partition coefficient (Wildman–Crippen LogP) is 3.82. The summed E-state index contributed by atoms with van der Waals surface area (Å²) in [6.07, 6.45) is 0.551. The van der Waals surface area contributed by atoms with Crippen molar-refractivity contribution in [2.45, 2.75) is 6.42 Å². The topological polar surface area (TPSA) is 94.5 Å². The monoisotopic (exact) mass is 458 g/mol. The number of nitrogens with one attached hydrogen (secondary N) is 2. The highest BCUT2D eigenvalue weighted by atomic mass is 16.5. The lowest BCUT2D eigenvalue weighted by molar-refractivity contribution is 0.0950. The number of fused-ring (bicyclic) bond motifs is 1. The lowest BCUT2D eigenvalue weighted by atomic mass is 10.2. The number of hydrogen-bond acceptors (Lipinski definition) is 5. The number of carbonyl (C=O) groups excluding carboxylic acids is 2. The molecule has 2 amide bonds. The molecule has 0 aliphatic rings. The molecule has 0 saturated heterocycles. The van der Waals surface area contributed by atoms with Crippen molar-refractivity contribution in [3.05, 3.63) is 83.7 Å². The van der Waals surface area contributed by atoms with Crippen molar-refractivity contribution in [1.29, 1.82) is 0 Å². The summed E-state index contributed by atoms with van der Waals surface area (Å²) >= 11 is 0. The molecule has 0 fully saturated rings. The van der Waals surface area contributed by atoms with Crippen LogP contribution in [0.25, 0.3) is 11.0 Å². The number of imidazole rings is 1. The van der Waals surface area contributed by atoms with E-state index in [1.54, 1.807) is 43.5 Å². The molecule has 0 aliphatic carbocycles. The van der Waals surface area contributed by atoms with Crippen LogP contribution < -0.4 is 20.1 Å². The molecule has 0 radical (unpaired) electrons. The third kappa shape index (κ3) is 4.71. The lowest BCUT2D eigenvalue weighted by Crippen LogP contribution is -2.26. The number of carbonyl (C=O) groups is 2. The zero-order valence-corrected chi connectivity index (χ0v) is 19.3. The van der Waals surface area contributed by atoms with E-state index in [9.17, 15) is 9.59 Å². The van der Waals surface area contributed by atoms with Crippen LogP contribution in [0.1, 0.15) is 26.5 Å². The Morgan fingerprint density at radius 3 is 2.15 bits per heavy atom. The quantitative estimate of drug-likeness (QED) is 0.419. The average Bonchev–Trinajstić information content (AvgIpc) is 3.18. The first-order valence-electron chi connectivity index (χ1n) is 10.8. The third-order valence-electron chi connectivity index (χ3n) is 5.57. The van der Waals surface area contributed by atoms with Crippen molar-refractivity contribution in [3.63, 3.8) is 0 Å². The molecule has 0 saturated carbocycles. The Morgan fingerprint density at radius 2 is 1.50 bits per heavy atom. The van der Waals surface area contributed by atoms with E-state index >= 15 is 0 Å². The van der Waals surface area contributed by atoms with Gasteiger partial charge in [-0.25, -0.2) is 4.98 Å². The summed E-state index contributed by atoms with van der Waals surface area (Å²) in [6.45, 7) is 0.422. The smallest absolute Gasteiger partial charge is 0.259 e. The molecule has 8 heteroatoms. The van der Waals surface area contributed by atoms with Crippen molar-refractivity contribution in [2.75, 3.05) is 26.1 Å². The van der Waals surface area contributed by atoms with Gasteiger partial charge in [0.1, 0.15) is 17.3 Å². The molecule has 0 bridgehead atoms. The molecule has 0 atom stereocenters. The van der Waals surface area contributed by atoms with Gasteiger partial charge >= 0.3 is 0 Å². The van der Waals surface area contributed by atoms with Gasteiger partial charge in [0.05, 0.1) is 36.4 Å². The summed E-state index contributed by atoms with van der Waals surface area (Å²) < 4.78 is 12.5. The van der Waals surface area contributed by atoms with Gasteiger partial charge in [0.15, 0.2) is 0 Å². The normalized spacial score (nSPS) is 10.7. The van der Waals surface area contributed by atoms with Crippen molar-refractivity contribution >= 4 is 28.5 Å². The van der Waals surface area contributed by atoms with Crippen molar-refractivity contribution in [2.24, 2.45) is 7.05 Å². The van der Waals surface area contributed by atoms with Gasteiger partial charge < -0.3 is 24.7 Å². The van der Waals surface area contributed by atoms with Crippen LogP contribution in [0.2, 0.25) is 0 Å². The Labute approximate surface area is 197 Å². The summed E-state index contributed by atoms with van der Waals surface area (Å²) in [7, 11) is 5.00. The second kappa shape index (κ2) is 10.1. The molecule has 0 aliphatic heterocycles. The average molecular weight is 459 g/mol. The maximum atomic E-state index is 12.7. The first kappa shape index (κ1) is 22.8. The molecular weight excluding hydrogens is 432 g/mol. The number of rotatable bonds is 8. The Hall–Kier alpha value is -4.33. The van der Waals surface area contributed by atoms with Gasteiger partial charge in [-0.2, -0.15) is 0 Å². The maximum absolute atomic E-state index is 12.7. The zero-order valence-electron chi connectivity index (χ0n) is 19.3. The molecule has 34 heavy (non-hydrogen) atoms. The number of aromatic nitrogens is 2. The molecule has 1 heterocycles. The number of nitrogens with zero attached hydrogens (tertiary/aromatic N) is 2. The van der Waals surface area contributed by atoms with Gasteiger partial charge in [0.2, 0.25) is 0 Å². The fourth-order valence-corrected chi connectivity index (χ4v) is 3.80. The maximum Gasteiger partial charge on any atom is 0.259 e. The molecule has 1 aromatic heterocycles. The Morgan fingerprint density at radius 1 is 0.882 bits per heavy atom. The number of benzene rings is 3. The summed E-state index contributed by atoms with van der Waals surface area (Å²) in [4.78, 5) is 29.9. The molecule has 0 unspecified atom stereocenters. The van der Waals surface area contributed by atoms with Crippen LogP contribution in [0.15, 0.2) is 66.7 Å². The Kier molecular flexibility index (Phi) is 6.77. The standard InChI is InChI=1S/C26H26N4O4/c1-30-21-13-12-17(28-26(32)19-9-5-7-11-23(19)34-3)16-20(21)29-24(30)14-15-27-25(31)18-8-4-6-10-22(18)33-2/h4-13,16H,14-15H2,1-3H3,(H,27,31)(H,28,32). The van der Waals surface area contributed by atoms with Crippen LogP contribution in [0, 0.1) is 0 Å². The van der Waals surface area contributed by atoms with Gasteiger partial charge in [0, 0.05) is 25.7 Å². The lowest BCUT2D eigenvalue weighted by Gasteiger charge is -2.09. The SMILES string of the molecule is COc1ccccc1C(=O)NCCc1nc2cc(NC(=O)c3ccccc3OC)ccc2n1C. The van der Waals surface area contributed by atoms with E-state index in [2.05, 4.69) is 10.6 Å². The second-order valence-electron chi connectivity index (χ2n) is 7.65. The fourth-order valence-electron chi connectivity index (χ4n) is 3.80. The van der Waals surface area contributed by atoms with Gasteiger partial charge in [-0.3, -0.25) is 9.59 Å². The van der Waals surface area contributed by atoms with E-state index in [4.69, 9.17) is 14.5 Å². The molecular formula is C26H26N4O4. The molecule has 8 nitrogen and oxygen atoms in total. The first-order valence-corrected chi connectivity index (χ1v) is 10.8. The summed E-state index contributed by atoms with van der Waals surface area (Å²) in [5.74, 6) is 1.41. The van der Waals surface area contributed by atoms with Crippen LogP contribution in [-0.2, 0) is 13.5 Å². The minimum absolute atomic E-state index is 0.197. The van der Waals surface area contributed by atoms with E-state index in [1.165, 1.54) is 7.11 Å². The van der Waals surface area contributed by atoms with Crippen LogP contribution >= 0.6 is 0 Å². The summed E-state index contributed by atoms with van der Waals surface area (Å²) in [5.41, 5.74) is 3.27. The van der Waals surface area contributed by atoms with E-state index < -0.39 is 0 Å². The molecule has 3 aromatic carbocycles. The minimum atomic E-state index is -0.257.